The zero-order valence-corrected chi connectivity index (χ0v) is 22.1. The Morgan fingerprint density at radius 1 is 1.32 bits per heavy atom. The molecule has 8 heteroatoms. The van der Waals surface area contributed by atoms with Crippen LogP contribution in [0.15, 0.2) is 72.6 Å². The van der Waals surface area contributed by atoms with Crippen molar-refractivity contribution in [3.8, 4) is 17.5 Å². The largest absolute Gasteiger partial charge is 0.393 e. The van der Waals surface area contributed by atoms with Crippen molar-refractivity contribution in [2.45, 2.75) is 58.2 Å². The Morgan fingerprint density at radius 2 is 2.11 bits per heavy atom. The third-order valence-electron chi connectivity index (χ3n) is 9.04. The Balaban J connectivity index is 1.49. The molecule has 6 atom stereocenters. The molecule has 2 aliphatic heterocycles. The first-order valence-electron chi connectivity index (χ1n) is 13.5. The predicted octanol–water partition coefficient (Wildman–Crippen LogP) is 4.05. The number of hydrogen-bond donors (Lipinski definition) is 2. The molecule has 0 bridgehead atoms. The lowest BCUT2D eigenvalue weighted by Gasteiger charge is -2.52. The van der Waals surface area contributed by atoms with Crippen molar-refractivity contribution in [2.24, 2.45) is 23.2 Å². The van der Waals surface area contributed by atoms with E-state index in [4.69, 9.17) is 0 Å². The molecular weight excluding hydrogens is 476 g/mol. The molecule has 1 aromatic carbocycles. The molecule has 3 heterocycles. The highest BCUT2D eigenvalue weighted by Gasteiger charge is 2.58. The molecule has 1 amide bonds. The number of carbonyl (C=O) groups excluding carboxylic acids is 1. The molecule has 1 aliphatic carbocycles. The Labute approximate surface area is 224 Å². The summed E-state index contributed by atoms with van der Waals surface area (Å²) >= 11 is 0. The summed E-state index contributed by atoms with van der Waals surface area (Å²) in [6.45, 7) is 9.50. The van der Waals surface area contributed by atoms with Crippen LogP contribution in [-0.2, 0) is 11.3 Å². The number of piperidine rings is 1. The molecule has 38 heavy (non-hydrogen) atoms. The zero-order valence-electron chi connectivity index (χ0n) is 22.1. The Kier molecular flexibility index (Phi) is 7.22. The number of likely N-dealkylation sites (tertiary alicyclic amines) is 1. The number of nitriles is 1. The summed E-state index contributed by atoms with van der Waals surface area (Å²) in [6.07, 6.45) is 12.4. The minimum Gasteiger partial charge on any atom is -0.393 e. The number of nitrogens with zero attached hydrogens (tertiary/aromatic N) is 5. The maximum absolute atomic E-state index is 13.9. The van der Waals surface area contributed by atoms with Gasteiger partial charge in [-0.2, -0.15) is 5.26 Å². The van der Waals surface area contributed by atoms with E-state index in [1.807, 2.05) is 66.6 Å². The first kappa shape index (κ1) is 25.9. The number of allylic oxidation sites excluding steroid dienone is 4. The molecule has 2 aromatic rings. The molecule has 2 saturated heterocycles. The predicted molar refractivity (Wildman–Crippen MR) is 145 cm³/mol. The quantitative estimate of drug-likeness (QED) is 0.566. The number of carbonyl (C=O) groups is 1. The summed E-state index contributed by atoms with van der Waals surface area (Å²) in [5, 5.41) is 32.6. The summed E-state index contributed by atoms with van der Waals surface area (Å²) < 4.78 is 1.77. The highest BCUT2D eigenvalue weighted by Crippen LogP contribution is 2.52. The van der Waals surface area contributed by atoms with Crippen LogP contribution in [0.1, 0.15) is 39.5 Å². The highest BCUT2D eigenvalue weighted by atomic mass is 16.3. The van der Waals surface area contributed by atoms with E-state index in [9.17, 15) is 15.2 Å². The summed E-state index contributed by atoms with van der Waals surface area (Å²) in [5.41, 5.74) is 2.14. The summed E-state index contributed by atoms with van der Waals surface area (Å²) in [6, 6.07) is 9.51. The van der Waals surface area contributed by atoms with Crippen LogP contribution >= 0.6 is 0 Å². The van der Waals surface area contributed by atoms with E-state index >= 15 is 0 Å². The zero-order chi connectivity index (χ0) is 26.9. The number of amides is 1. The number of aliphatic hydroxyl groups is 1. The van der Waals surface area contributed by atoms with Gasteiger partial charge in [-0.15, -0.1) is 5.10 Å². The van der Waals surface area contributed by atoms with Gasteiger partial charge in [0.2, 0.25) is 5.91 Å². The van der Waals surface area contributed by atoms with Crippen molar-refractivity contribution >= 4 is 5.91 Å². The van der Waals surface area contributed by atoms with Gasteiger partial charge < -0.3 is 15.3 Å². The average Bonchev–Trinajstić information content (AvgIpc) is 3.51. The van der Waals surface area contributed by atoms with E-state index in [1.165, 1.54) is 0 Å². The summed E-state index contributed by atoms with van der Waals surface area (Å²) in [5.74, 6) is 0.564. The fraction of sp³-hybridized carbons (Fsp3) is 0.467. The smallest absolute Gasteiger partial charge is 0.237 e. The minimum atomic E-state index is -1.00. The Bertz CT molecular complexity index is 1290. The van der Waals surface area contributed by atoms with Crippen LogP contribution in [0.4, 0.5) is 0 Å². The topological polar surface area (TPSA) is 107 Å². The molecule has 1 aromatic heterocycles. The lowest BCUT2D eigenvalue weighted by molar-refractivity contribution is -0.133. The second kappa shape index (κ2) is 10.6. The van der Waals surface area contributed by atoms with Gasteiger partial charge in [0, 0.05) is 24.4 Å². The molecule has 1 saturated carbocycles. The van der Waals surface area contributed by atoms with E-state index in [0.29, 0.717) is 43.1 Å². The molecule has 3 aliphatic rings. The second-order valence-corrected chi connectivity index (χ2v) is 10.9. The van der Waals surface area contributed by atoms with Gasteiger partial charge in [0.25, 0.3) is 0 Å². The fourth-order valence-corrected chi connectivity index (χ4v) is 6.80. The van der Waals surface area contributed by atoms with Gasteiger partial charge in [0.1, 0.15) is 5.69 Å². The molecule has 5 rings (SSSR count). The fourth-order valence-electron chi connectivity index (χ4n) is 6.80. The first-order valence-corrected chi connectivity index (χ1v) is 13.5. The van der Waals surface area contributed by atoms with Crippen LogP contribution in [0, 0.1) is 34.6 Å². The number of aromatic nitrogens is 3. The van der Waals surface area contributed by atoms with E-state index in [2.05, 4.69) is 35.3 Å². The molecule has 3 fully saturated rings. The summed E-state index contributed by atoms with van der Waals surface area (Å²) in [7, 11) is 0. The van der Waals surface area contributed by atoms with Gasteiger partial charge in [-0.05, 0) is 62.0 Å². The number of benzene rings is 1. The number of fused-ring (bicyclic) bond motifs is 1. The minimum absolute atomic E-state index is 0.119. The second-order valence-electron chi connectivity index (χ2n) is 10.9. The van der Waals surface area contributed by atoms with Gasteiger partial charge in [-0.1, -0.05) is 61.2 Å². The number of rotatable bonds is 6. The van der Waals surface area contributed by atoms with Crippen molar-refractivity contribution in [1.29, 1.82) is 5.26 Å². The van der Waals surface area contributed by atoms with Crippen molar-refractivity contribution < 1.29 is 9.90 Å². The van der Waals surface area contributed by atoms with Gasteiger partial charge >= 0.3 is 0 Å². The van der Waals surface area contributed by atoms with Gasteiger partial charge in [0.15, 0.2) is 6.19 Å². The molecule has 0 unspecified atom stereocenters. The number of nitrogens with one attached hydrogen (secondary N) is 1. The molecule has 0 spiro atoms. The standard InChI is InChI=1S/C30H36N6O2/c1-4-5-11-25-21(3)30(29(38)32-25,14-15-36-18-26(33-34-36)22-9-7-6-8-10-22)28-16-24-20(2)27(37)13-12-23(24)17-35(28)19-31/h4-11,18,20,23-24,27-28,37H,3,12-17H2,1-2H3,(H,32,38)/b5-4-,25-11+/t20-,23+,24-,27+,28+,30+/m1/s1. The van der Waals surface area contributed by atoms with Gasteiger partial charge in [-0.25, -0.2) is 0 Å². The maximum atomic E-state index is 13.9. The lowest BCUT2D eigenvalue weighted by atomic mass is 9.61. The van der Waals surface area contributed by atoms with Crippen molar-refractivity contribution in [1.82, 2.24) is 25.2 Å². The van der Waals surface area contributed by atoms with E-state index in [1.54, 1.807) is 4.68 Å². The first-order chi connectivity index (χ1) is 18.4. The maximum Gasteiger partial charge on any atom is 0.237 e. The number of aliphatic hydroxyl groups excluding tert-OH is 1. The third kappa shape index (κ3) is 4.45. The highest BCUT2D eigenvalue weighted by molar-refractivity contribution is 5.94. The van der Waals surface area contributed by atoms with Crippen molar-refractivity contribution in [2.75, 3.05) is 6.54 Å². The number of hydrogen-bond acceptors (Lipinski definition) is 6. The van der Waals surface area contributed by atoms with Crippen LogP contribution in [0.5, 0.6) is 0 Å². The Hall–Kier alpha value is -3.70. The monoisotopic (exact) mass is 512 g/mol. The normalized spacial score (nSPS) is 32.4. The molecular formula is C30H36N6O2. The SMILES string of the molecule is C=C1/C(=C\C=C/C)NC(=O)[C@]1(CCn1cc(-c2ccccc2)nn1)[C@@H]1C[C@H]2[C@@H](CC[C@H](O)[C@@H]2C)CN1C#N. The molecule has 0 radical (unpaired) electrons. The van der Waals surface area contributed by atoms with Crippen LogP contribution < -0.4 is 5.32 Å². The third-order valence-corrected chi connectivity index (χ3v) is 9.04. The van der Waals surface area contributed by atoms with Gasteiger partial charge in [0.05, 0.1) is 23.8 Å². The molecule has 198 valence electrons. The van der Waals surface area contributed by atoms with E-state index in [0.717, 1.165) is 24.1 Å². The van der Waals surface area contributed by atoms with Crippen LogP contribution in [0.2, 0.25) is 0 Å². The van der Waals surface area contributed by atoms with Gasteiger partial charge in [-0.3, -0.25) is 9.48 Å². The molecule has 8 nitrogen and oxygen atoms in total. The van der Waals surface area contributed by atoms with Crippen molar-refractivity contribution in [3.63, 3.8) is 0 Å². The van der Waals surface area contributed by atoms with Crippen LogP contribution in [0.3, 0.4) is 0 Å². The lowest BCUT2D eigenvalue weighted by Crippen LogP contribution is -2.58. The van der Waals surface area contributed by atoms with Crippen LogP contribution in [0.25, 0.3) is 11.3 Å². The number of aryl methyl sites for hydroxylation is 1. The van der Waals surface area contributed by atoms with E-state index < -0.39 is 5.41 Å². The average molecular weight is 513 g/mol. The Morgan fingerprint density at radius 3 is 2.84 bits per heavy atom. The molecule has 2 N–H and O–H groups in total. The van der Waals surface area contributed by atoms with Crippen molar-refractivity contribution in [3.05, 3.63) is 72.6 Å². The van der Waals surface area contributed by atoms with E-state index in [-0.39, 0.29) is 29.9 Å². The van der Waals surface area contributed by atoms with Crippen LogP contribution in [-0.4, -0.2) is 49.6 Å². The summed E-state index contributed by atoms with van der Waals surface area (Å²) in [4.78, 5) is 15.7.